The van der Waals surface area contributed by atoms with Gasteiger partial charge in [0.1, 0.15) is 17.2 Å². The average Bonchev–Trinajstić information content (AvgIpc) is 3.05. The summed E-state index contributed by atoms with van der Waals surface area (Å²) in [4.78, 5) is 31.2. The van der Waals surface area contributed by atoms with Gasteiger partial charge in [0.15, 0.2) is 0 Å². The second-order valence-electron chi connectivity index (χ2n) is 6.38. The lowest BCUT2D eigenvalue weighted by Gasteiger charge is -2.10. The van der Waals surface area contributed by atoms with Gasteiger partial charge in [-0.25, -0.2) is 14.8 Å². The number of amides is 1. The van der Waals surface area contributed by atoms with Crippen LogP contribution in [0.25, 0.3) is 10.2 Å². The lowest BCUT2D eigenvalue weighted by molar-refractivity contribution is -0.121. The smallest absolute Gasteiger partial charge is 0.262 e. The van der Waals surface area contributed by atoms with E-state index >= 15 is 0 Å². The monoisotopic (exact) mass is 384 g/mol. The second kappa shape index (κ2) is 7.40. The van der Waals surface area contributed by atoms with E-state index in [1.54, 1.807) is 29.5 Å². The van der Waals surface area contributed by atoms with E-state index in [-0.39, 0.29) is 17.7 Å². The van der Waals surface area contributed by atoms with Crippen molar-refractivity contribution in [2.75, 3.05) is 0 Å². The van der Waals surface area contributed by atoms with Crippen molar-refractivity contribution in [3.63, 3.8) is 0 Å². The molecular weight excluding hydrogens is 367 g/mol. The fraction of sp³-hybridized carbons (Fsp3) is 0.263. The van der Waals surface area contributed by atoms with Crippen LogP contribution in [0.5, 0.6) is 0 Å². The number of thiophene rings is 1. The predicted molar refractivity (Wildman–Crippen MR) is 103 cm³/mol. The van der Waals surface area contributed by atoms with Crippen LogP contribution in [0.1, 0.15) is 28.8 Å². The van der Waals surface area contributed by atoms with E-state index in [4.69, 9.17) is 0 Å². The molecule has 1 N–H and O–H groups in total. The molecule has 0 saturated heterocycles. The van der Waals surface area contributed by atoms with E-state index < -0.39 is 11.7 Å². The fourth-order valence-corrected chi connectivity index (χ4v) is 4.46. The number of benzene rings is 1. The highest BCUT2D eigenvalue weighted by Crippen LogP contribution is 2.33. The highest BCUT2D eigenvalue weighted by atomic mass is 32.1. The Hall–Kier alpha value is -2.87. The summed E-state index contributed by atoms with van der Waals surface area (Å²) in [6, 6.07) is 6.11. The lowest BCUT2D eigenvalue weighted by atomic mass is 9.97. The highest BCUT2D eigenvalue weighted by Gasteiger charge is 2.20. The van der Waals surface area contributed by atoms with Crippen LogP contribution in [-0.2, 0) is 24.2 Å². The van der Waals surface area contributed by atoms with Gasteiger partial charge >= 0.3 is 0 Å². The van der Waals surface area contributed by atoms with E-state index in [2.05, 4.69) is 15.5 Å². The molecule has 1 aliphatic carbocycles. The molecule has 8 heteroatoms. The number of rotatable bonds is 4. The van der Waals surface area contributed by atoms with E-state index in [9.17, 15) is 14.0 Å². The van der Waals surface area contributed by atoms with Crippen LogP contribution in [0.15, 0.2) is 40.5 Å². The molecule has 1 aromatic carbocycles. The van der Waals surface area contributed by atoms with Crippen LogP contribution in [0.4, 0.5) is 4.39 Å². The molecule has 2 aromatic heterocycles. The Labute approximate surface area is 158 Å². The number of aryl methyl sites for hydroxylation is 2. The number of halogens is 1. The molecule has 0 fully saturated rings. The fourth-order valence-electron chi connectivity index (χ4n) is 3.24. The van der Waals surface area contributed by atoms with Crippen molar-refractivity contribution in [2.24, 2.45) is 5.10 Å². The molecule has 27 heavy (non-hydrogen) atoms. The Bertz CT molecular complexity index is 1100. The van der Waals surface area contributed by atoms with Gasteiger partial charge in [0.2, 0.25) is 0 Å². The molecule has 1 aliphatic rings. The first kappa shape index (κ1) is 17.5. The van der Waals surface area contributed by atoms with Crippen molar-refractivity contribution in [3.05, 3.63) is 62.8 Å². The third-order valence-corrected chi connectivity index (χ3v) is 5.75. The van der Waals surface area contributed by atoms with Gasteiger partial charge in [-0.05, 0) is 37.3 Å². The van der Waals surface area contributed by atoms with Crippen LogP contribution < -0.4 is 11.0 Å². The minimum atomic E-state index is -0.477. The Morgan fingerprint density at radius 1 is 1.33 bits per heavy atom. The summed E-state index contributed by atoms with van der Waals surface area (Å²) in [6.07, 6.45) is 6.70. The number of nitrogens with one attached hydrogen (secondary N) is 1. The molecule has 0 aliphatic heterocycles. The molecule has 0 unspecified atom stereocenters. The summed E-state index contributed by atoms with van der Waals surface area (Å²) >= 11 is 1.57. The number of nitrogens with zero attached hydrogens (tertiary/aromatic N) is 3. The molecule has 1 amide bonds. The summed E-state index contributed by atoms with van der Waals surface area (Å²) < 4.78 is 14.8. The van der Waals surface area contributed by atoms with E-state index in [0.29, 0.717) is 5.39 Å². The van der Waals surface area contributed by atoms with Crippen molar-refractivity contribution < 1.29 is 9.18 Å². The van der Waals surface area contributed by atoms with Crippen LogP contribution >= 0.6 is 11.3 Å². The zero-order valence-corrected chi connectivity index (χ0v) is 15.3. The first-order chi connectivity index (χ1) is 13.1. The highest BCUT2D eigenvalue weighted by molar-refractivity contribution is 7.18. The largest absolute Gasteiger partial charge is 0.289 e. The van der Waals surface area contributed by atoms with E-state index in [1.165, 1.54) is 28.1 Å². The molecule has 0 saturated carbocycles. The first-order valence-electron chi connectivity index (χ1n) is 8.69. The van der Waals surface area contributed by atoms with Crippen molar-refractivity contribution in [1.29, 1.82) is 0 Å². The van der Waals surface area contributed by atoms with Crippen molar-refractivity contribution in [1.82, 2.24) is 15.0 Å². The number of carbonyl (C=O) groups excluding carboxylic acids is 1. The van der Waals surface area contributed by atoms with Gasteiger partial charge in [0, 0.05) is 10.4 Å². The molecule has 0 atom stereocenters. The standard InChI is InChI=1S/C19H17FN4O2S/c20-14-7-3-1-5-12(14)9-22-23-16(25)10-24-11-21-18-17(19(24)26)13-6-2-4-8-15(13)27-18/h1,3,5,7,9,11H,2,4,6,8,10H2,(H,23,25). The molecular formula is C19H17FN4O2S. The van der Waals surface area contributed by atoms with Crippen LogP contribution in [0.2, 0.25) is 0 Å². The first-order valence-corrected chi connectivity index (χ1v) is 9.51. The maximum atomic E-state index is 13.5. The lowest BCUT2D eigenvalue weighted by Crippen LogP contribution is -2.30. The molecule has 0 spiro atoms. The second-order valence-corrected chi connectivity index (χ2v) is 7.47. The Morgan fingerprint density at radius 2 is 2.15 bits per heavy atom. The topological polar surface area (TPSA) is 76.3 Å². The zero-order valence-electron chi connectivity index (χ0n) is 14.4. The molecule has 0 bridgehead atoms. The maximum Gasteiger partial charge on any atom is 0.262 e. The molecule has 138 valence electrons. The number of hydrazone groups is 1. The van der Waals surface area contributed by atoms with Crippen LogP contribution in [-0.4, -0.2) is 21.7 Å². The maximum absolute atomic E-state index is 13.5. The normalized spacial score (nSPS) is 13.8. The number of aromatic nitrogens is 2. The van der Waals surface area contributed by atoms with E-state index in [0.717, 1.165) is 36.1 Å². The number of fused-ring (bicyclic) bond motifs is 3. The summed E-state index contributed by atoms with van der Waals surface area (Å²) in [6.45, 7) is -0.193. The Kier molecular flexibility index (Phi) is 4.81. The van der Waals surface area contributed by atoms with Gasteiger partial charge in [0.05, 0.1) is 17.9 Å². The quantitative estimate of drug-likeness (QED) is 0.555. The van der Waals surface area contributed by atoms with Crippen molar-refractivity contribution in [3.8, 4) is 0 Å². The molecule has 3 aromatic rings. The summed E-state index contributed by atoms with van der Waals surface area (Å²) in [5.74, 6) is -0.904. The van der Waals surface area contributed by atoms with Gasteiger partial charge < -0.3 is 0 Å². The van der Waals surface area contributed by atoms with Crippen molar-refractivity contribution >= 4 is 33.7 Å². The van der Waals surface area contributed by atoms with Crippen LogP contribution in [0.3, 0.4) is 0 Å². The van der Waals surface area contributed by atoms with Crippen LogP contribution in [0, 0.1) is 5.82 Å². The zero-order chi connectivity index (χ0) is 18.8. The Morgan fingerprint density at radius 3 is 3.00 bits per heavy atom. The minimum absolute atomic E-state index is 0.193. The minimum Gasteiger partial charge on any atom is -0.289 e. The summed E-state index contributed by atoms with van der Waals surface area (Å²) in [7, 11) is 0. The third-order valence-electron chi connectivity index (χ3n) is 4.55. The SMILES string of the molecule is O=C(Cn1cnc2sc3c(c2c1=O)CCCC3)NN=Cc1ccccc1F. The molecule has 2 heterocycles. The number of hydrogen-bond donors (Lipinski definition) is 1. The van der Waals surface area contributed by atoms with Crippen molar-refractivity contribution in [2.45, 2.75) is 32.2 Å². The molecule has 0 radical (unpaired) electrons. The summed E-state index contributed by atoms with van der Waals surface area (Å²) in [5.41, 5.74) is 3.47. The molecule has 4 rings (SSSR count). The predicted octanol–water partition coefficient (Wildman–Crippen LogP) is 2.63. The summed E-state index contributed by atoms with van der Waals surface area (Å²) in [5, 5.41) is 4.39. The average molecular weight is 384 g/mol. The third kappa shape index (κ3) is 3.52. The van der Waals surface area contributed by atoms with E-state index in [1.807, 2.05) is 0 Å². The van der Waals surface area contributed by atoms with Gasteiger partial charge in [-0.15, -0.1) is 11.3 Å². The number of hydrogen-bond acceptors (Lipinski definition) is 5. The van der Waals surface area contributed by atoms with Gasteiger partial charge in [-0.3, -0.25) is 14.2 Å². The number of carbonyl (C=O) groups is 1. The van der Waals surface area contributed by atoms with Gasteiger partial charge in [-0.1, -0.05) is 18.2 Å². The van der Waals surface area contributed by atoms with Gasteiger partial charge in [-0.2, -0.15) is 5.10 Å². The Balaban J connectivity index is 1.51. The van der Waals surface area contributed by atoms with Gasteiger partial charge in [0.25, 0.3) is 11.5 Å². The molecule has 6 nitrogen and oxygen atoms in total.